The second-order valence-corrected chi connectivity index (χ2v) is 5.68. The Kier molecular flexibility index (Phi) is 5.47. The zero-order valence-corrected chi connectivity index (χ0v) is 13.7. The number of rotatable bonds is 6. The fourth-order valence-corrected chi connectivity index (χ4v) is 2.96. The second kappa shape index (κ2) is 7.13. The third kappa shape index (κ3) is 4.11. The number of aryl methyl sites for hydroxylation is 2. The summed E-state index contributed by atoms with van der Waals surface area (Å²) < 4.78 is 29.0. The van der Waals surface area contributed by atoms with Crippen LogP contribution < -0.4 is 5.32 Å². The Morgan fingerprint density at radius 3 is 2.48 bits per heavy atom. The Morgan fingerprint density at radius 2 is 1.90 bits per heavy atom. The zero-order valence-electron chi connectivity index (χ0n) is 12.1. The van der Waals surface area contributed by atoms with Crippen LogP contribution in [0.25, 0.3) is 0 Å². The van der Waals surface area contributed by atoms with Gasteiger partial charge in [0.25, 0.3) is 0 Å². The Labute approximate surface area is 131 Å². The maximum absolute atomic E-state index is 13.1. The van der Waals surface area contributed by atoms with Crippen LogP contribution in [0.3, 0.4) is 0 Å². The molecule has 114 valence electrons. The minimum Gasteiger partial charge on any atom is -0.311 e. The van der Waals surface area contributed by atoms with Crippen LogP contribution in [0.4, 0.5) is 8.78 Å². The average Bonchev–Trinajstić information content (AvgIpc) is 2.69. The van der Waals surface area contributed by atoms with Gasteiger partial charge in [-0.3, -0.25) is 4.68 Å². The lowest BCUT2D eigenvalue weighted by molar-refractivity contribution is 0.576. The number of hydrogen-bond acceptors (Lipinski definition) is 2. The van der Waals surface area contributed by atoms with Crippen molar-refractivity contribution < 1.29 is 8.78 Å². The van der Waals surface area contributed by atoms with E-state index in [1.165, 1.54) is 12.1 Å². The molecule has 0 fully saturated rings. The molecule has 6 heteroatoms. The molecule has 1 N–H and O–H groups in total. The van der Waals surface area contributed by atoms with Crippen molar-refractivity contribution in [1.82, 2.24) is 15.1 Å². The molecule has 0 spiro atoms. The summed E-state index contributed by atoms with van der Waals surface area (Å²) in [6, 6.07) is 3.61. The van der Waals surface area contributed by atoms with E-state index in [0.29, 0.717) is 25.1 Å². The van der Waals surface area contributed by atoms with Gasteiger partial charge in [0.1, 0.15) is 11.6 Å². The van der Waals surface area contributed by atoms with E-state index in [9.17, 15) is 8.78 Å². The first-order chi connectivity index (χ1) is 10.0. The minimum atomic E-state index is -0.535. The van der Waals surface area contributed by atoms with E-state index in [1.807, 2.05) is 11.7 Å². The molecule has 1 heterocycles. The fourth-order valence-electron chi connectivity index (χ4n) is 2.21. The van der Waals surface area contributed by atoms with Crippen LogP contribution >= 0.6 is 15.9 Å². The summed E-state index contributed by atoms with van der Waals surface area (Å²) >= 11 is 3.56. The zero-order chi connectivity index (χ0) is 15.4. The Morgan fingerprint density at radius 1 is 1.24 bits per heavy atom. The number of aromatic nitrogens is 2. The summed E-state index contributed by atoms with van der Waals surface area (Å²) in [5.74, 6) is -1.07. The molecule has 0 aliphatic heterocycles. The van der Waals surface area contributed by atoms with Gasteiger partial charge in [-0.1, -0.05) is 6.92 Å². The van der Waals surface area contributed by atoms with Gasteiger partial charge in [-0.15, -0.1) is 0 Å². The molecule has 0 aliphatic rings. The molecule has 0 unspecified atom stereocenters. The largest absolute Gasteiger partial charge is 0.311 e. The third-order valence-electron chi connectivity index (χ3n) is 3.31. The van der Waals surface area contributed by atoms with E-state index < -0.39 is 11.6 Å². The summed E-state index contributed by atoms with van der Waals surface area (Å²) in [6.45, 7) is 3.35. The van der Waals surface area contributed by atoms with E-state index in [0.717, 1.165) is 28.3 Å². The van der Waals surface area contributed by atoms with E-state index >= 15 is 0 Å². The standard InChI is InChI=1S/C15H18BrF2N3/c1-3-13-15(16)14(21(2)20-13)9-19-5-4-10-6-11(17)8-12(18)7-10/h6-8,19H,3-5,9H2,1-2H3. The van der Waals surface area contributed by atoms with Crippen LogP contribution in [-0.2, 0) is 26.4 Å². The lowest BCUT2D eigenvalue weighted by Crippen LogP contribution is -2.19. The topological polar surface area (TPSA) is 29.9 Å². The molecule has 21 heavy (non-hydrogen) atoms. The highest BCUT2D eigenvalue weighted by molar-refractivity contribution is 9.10. The summed E-state index contributed by atoms with van der Waals surface area (Å²) in [5, 5.41) is 7.69. The molecular formula is C15H18BrF2N3. The number of nitrogens with one attached hydrogen (secondary N) is 1. The van der Waals surface area contributed by atoms with Crippen LogP contribution in [0.2, 0.25) is 0 Å². The molecule has 0 amide bonds. The van der Waals surface area contributed by atoms with Gasteiger partial charge in [-0.05, 0) is 53.0 Å². The number of hydrogen-bond donors (Lipinski definition) is 1. The molecule has 1 aromatic carbocycles. The molecular weight excluding hydrogens is 340 g/mol. The minimum absolute atomic E-state index is 0.535. The number of halogens is 3. The van der Waals surface area contributed by atoms with Gasteiger partial charge in [0.05, 0.1) is 15.9 Å². The lowest BCUT2D eigenvalue weighted by Gasteiger charge is -2.06. The van der Waals surface area contributed by atoms with Crippen molar-refractivity contribution in [2.24, 2.45) is 7.05 Å². The molecule has 0 atom stereocenters. The quantitative estimate of drug-likeness (QED) is 0.803. The number of nitrogens with zero attached hydrogens (tertiary/aromatic N) is 2. The van der Waals surface area contributed by atoms with Gasteiger partial charge >= 0.3 is 0 Å². The van der Waals surface area contributed by atoms with E-state index in [-0.39, 0.29) is 0 Å². The number of benzene rings is 1. The van der Waals surface area contributed by atoms with Crippen molar-refractivity contribution in [3.05, 3.63) is 51.3 Å². The highest BCUT2D eigenvalue weighted by atomic mass is 79.9. The predicted molar refractivity (Wildman–Crippen MR) is 82.1 cm³/mol. The van der Waals surface area contributed by atoms with E-state index in [2.05, 4.69) is 33.3 Å². The highest BCUT2D eigenvalue weighted by Gasteiger charge is 2.11. The average molecular weight is 358 g/mol. The first-order valence-corrected chi connectivity index (χ1v) is 7.66. The van der Waals surface area contributed by atoms with Crippen molar-refractivity contribution in [3.8, 4) is 0 Å². The van der Waals surface area contributed by atoms with Crippen LogP contribution in [0.15, 0.2) is 22.7 Å². The monoisotopic (exact) mass is 357 g/mol. The molecule has 0 saturated carbocycles. The first-order valence-electron chi connectivity index (χ1n) is 6.87. The van der Waals surface area contributed by atoms with Crippen LogP contribution in [0, 0.1) is 11.6 Å². The lowest BCUT2D eigenvalue weighted by atomic mass is 10.1. The summed E-state index contributed by atoms with van der Waals surface area (Å²) in [5.41, 5.74) is 2.75. The molecule has 0 bridgehead atoms. The van der Waals surface area contributed by atoms with E-state index in [1.54, 1.807) is 0 Å². The van der Waals surface area contributed by atoms with Crippen molar-refractivity contribution >= 4 is 15.9 Å². The molecule has 2 rings (SSSR count). The Hall–Kier alpha value is -1.27. The van der Waals surface area contributed by atoms with Gasteiger partial charge in [-0.2, -0.15) is 5.10 Å². The van der Waals surface area contributed by atoms with Crippen LogP contribution in [-0.4, -0.2) is 16.3 Å². The Balaban J connectivity index is 1.89. The summed E-state index contributed by atoms with van der Waals surface area (Å²) in [7, 11) is 1.91. The van der Waals surface area contributed by atoms with Crippen molar-refractivity contribution in [3.63, 3.8) is 0 Å². The van der Waals surface area contributed by atoms with Gasteiger partial charge in [0, 0.05) is 19.7 Å². The molecule has 0 saturated heterocycles. The van der Waals surface area contributed by atoms with Crippen molar-refractivity contribution in [2.45, 2.75) is 26.3 Å². The summed E-state index contributed by atoms with van der Waals surface area (Å²) in [4.78, 5) is 0. The molecule has 0 aliphatic carbocycles. The van der Waals surface area contributed by atoms with Gasteiger partial charge in [0.15, 0.2) is 0 Å². The maximum Gasteiger partial charge on any atom is 0.126 e. The van der Waals surface area contributed by atoms with Crippen molar-refractivity contribution in [2.75, 3.05) is 6.54 Å². The van der Waals surface area contributed by atoms with Gasteiger partial charge in [-0.25, -0.2) is 8.78 Å². The SMILES string of the molecule is CCc1nn(C)c(CNCCc2cc(F)cc(F)c2)c1Br. The van der Waals surface area contributed by atoms with Crippen molar-refractivity contribution in [1.29, 1.82) is 0 Å². The predicted octanol–water partition coefficient (Wildman–Crippen LogP) is 3.36. The maximum atomic E-state index is 13.1. The Bertz CT molecular complexity index is 605. The smallest absolute Gasteiger partial charge is 0.126 e. The van der Waals surface area contributed by atoms with Gasteiger partial charge < -0.3 is 5.32 Å². The molecule has 2 aromatic rings. The molecule has 3 nitrogen and oxygen atoms in total. The van der Waals surface area contributed by atoms with Crippen LogP contribution in [0.5, 0.6) is 0 Å². The summed E-state index contributed by atoms with van der Waals surface area (Å²) in [6.07, 6.45) is 1.45. The highest BCUT2D eigenvalue weighted by Crippen LogP contribution is 2.21. The molecule has 0 radical (unpaired) electrons. The van der Waals surface area contributed by atoms with Crippen LogP contribution in [0.1, 0.15) is 23.9 Å². The third-order valence-corrected chi connectivity index (χ3v) is 4.22. The van der Waals surface area contributed by atoms with Gasteiger partial charge in [0.2, 0.25) is 0 Å². The molecule has 1 aromatic heterocycles. The second-order valence-electron chi connectivity index (χ2n) is 4.89. The first kappa shape index (κ1) is 16.1. The normalized spacial score (nSPS) is 11.1. The fraction of sp³-hybridized carbons (Fsp3) is 0.400. The van der Waals surface area contributed by atoms with E-state index in [4.69, 9.17) is 0 Å².